The fourth-order valence-electron chi connectivity index (χ4n) is 3.02. The number of hydrogen-bond donors (Lipinski definition) is 1. The lowest BCUT2D eigenvalue weighted by Gasteiger charge is -2.32. The molecule has 1 aliphatic heterocycles. The average molecular weight is 310 g/mol. The van der Waals surface area contributed by atoms with Crippen molar-refractivity contribution in [3.8, 4) is 0 Å². The van der Waals surface area contributed by atoms with Crippen LogP contribution in [0.1, 0.15) is 50.7 Å². The van der Waals surface area contributed by atoms with Crippen molar-refractivity contribution in [1.29, 1.82) is 0 Å². The summed E-state index contributed by atoms with van der Waals surface area (Å²) in [5.74, 6) is 1.56. The zero-order valence-corrected chi connectivity index (χ0v) is 14.7. The van der Waals surface area contributed by atoms with Gasteiger partial charge in [0, 0.05) is 18.5 Å². The Kier molecular flexibility index (Phi) is 7.14. The number of rotatable bonds is 8. The van der Waals surface area contributed by atoms with Gasteiger partial charge in [0.2, 0.25) is 0 Å². The number of aromatic nitrogens is 1. The molecule has 1 saturated heterocycles. The van der Waals surface area contributed by atoms with Crippen LogP contribution < -0.4 is 5.32 Å². The molecule has 0 amide bonds. The number of nitrogens with zero attached hydrogens (tertiary/aromatic N) is 2. The number of thiazole rings is 1. The monoisotopic (exact) mass is 309 g/mol. The Balaban J connectivity index is 1.75. The summed E-state index contributed by atoms with van der Waals surface area (Å²) in [6, 6.07) is 0. The highest BCUT2D eigenvalue weighted by atomic mass is 32.1. The summed E-state index contributed by atoms with van der Waals surface area (Å²) in [6.45, 7) is 12.6. The van der Waals surface area contributed by atoms with Crippen molar-refractivity contribution in [3.63, 3.8) is 0 Å². The standard InChI is InChI=1S/C17H31N3S/c1-4-6-17-19-16(13-21-17)12-20-8-5-7-15(11-20)10-18-9-14(2)3/h13-15,18H,4-12H2,1-3H3. The molecule has 120 valence electrons. The lowest BCUT2D eigenvalue weighted by atomic mass is 9.97. The van der Waals surface area contributed by atoms with E-state index in [1.807, 2.05) is 11.3 Å². The smallest absolute Gasteiger partial charge is 0.0928 e. The molecule has 1 unspecified atom stereocenters. The quantitative estimate of drug-likeness (QED) is 0.796. The summed E-state index contributed by atoms with van der Waals surface area (Å²) in [4.78, 5) is 7.36. The van der Waals surface area contributed by atoms with Crippen molar-refractivity contribution in [2.45, 2.75) is 53.0 Å². The van der Waals surface area contributed by atoms with Crippen LogP contribution in [0.5, 0.6) is 0 Å². The highest BCUT2D eigenvalue weighted by Gasteiger charge is 2.20. The second-order valence-corrected chi connectivity index (χ2v) is 7.72. The molecule has 21 heavy (non-hydrogen) atoms. The zero-order chi connectivity index (χ0) is 15.1. The van der Waals surface area contributed by atoms with Crippen molar-refractivity contribution in [1.82, 2.24) is 15.2 Å². The molecule has 0 bridgehead atoms. The third-order valence-corrected chi connectivity index (χ3v) is 4.99. The zero-order valence-electron chi connectivity index (χ0n) is 13.9. The fraction of sp³-hybridized carbons (Fsp3) is 0.824. The molecule has 0 aliphatic carbocycles. The topological polar surface area (TPSA) is 28.2 Å². The molecule has 1 aliphatic rings. The van der Waals surface area contributed by atoms with E-state index in [2.05, 4.69) is 36.4 Å². The van der Waals surface area contributed by atoms with E-state index in [-0.39, 0.29) is 0 Å². The molecular formula is C17H31N3S. The van der Waals surface area contributed by atoms with Crippen molar-refractivity contribution >= 4 is 11.3 Å². The van der Waals surface area contributed by atoms with Crippen LogP contribution in [0.2, 0.25) is 0 Å². The molecular weight excluding hydrogens is 278 g/mol. The molecule has 0 saturated carbocycles. The Morgan fingerprint density at radius 1 is 1.48 bits per heavy atom. The van der Waals surface area contributed by atoms with Gasteiger partial charge in [0.25, 0.3) is 0 Å². The molecule has 2 rings (SSSR count). The predicted molar refractivity (Wildman–Crippen MR) is 91.8 cm³/mol. The van der Waals surface area contributed by atoms with E-state index in [4.69, 9.17) is 4.98 Å². The van der Waals surface area contributed by atoms with Gasteiger partial charge in [-0.1, -0.05) is 20.8 Å². The van der Waals surface area contributed by atoms with Crippen molar-refractivity contribution < 1.29 is 0 Å². The molecule has 4 heteroatoms. The number of piperidine rings is 1. The van der Waals surface area contributed by atoms with E-state index in [1.165, 1.54) is 49.6 Å². The maximum Gasteiger partial charge on any atom is 0.0928 e. The Morgan fingerprint density at radius 3 is 3.10 bits per heavy atom. The maximum absolute atomic E-state index is 4.77. The first-order chi connectivity index (χ1) is 10.2. The molecule has 0 spiro atoms. The van der Waals surface area contributed by atoms with E-state index in [0.717, 1.165) is 31.3 Å². The van der Waals surface area contributed by atoms with E-state index in [1.54, 1.807) is 0 Å². The van der Waals surface area contributed by atoms with Crippen LogP contribution in [0.25, 0.3) is 0 Å². The van der Waals surface area contributed by atoms with Gasteiger partial charge in [0.15, 0.2) is 0 Å². The van der Waals surface area contributed by atoms with Crippen LogP contribution in [-0.4, -0.2) is 36.1 Å². The highest BCUT2D eigenvalue weighted by molar-refractivity contribution is 7.09. The van der Waals surface area contributed by atoms with Crippen LogP contribution in [0, 0.1) is 11.8 Å². The van der Waals surface area contributed by atoms with Gasteiger partial charge in [-0.15, -0.1) is 11.3 Å². The maximum atomic E-state index is 4.77. The molecule has 3 nitrogen and oxygen atoms in total. The third kappa shape index (κ3) is 6.05. The second-order valence-electron chi connectivity index (χ2n) is 6.78. The van der Waals surface area contributed by atoms with Gasteiger partial charge in [-0.3, -0.25) is 4.90 Å². The van der Waals surface area contributed by atoms with Crippen LogP contribution in [0.3, 0.4) is 0 Å². The molecule has 0 aromatic carbocycles. The minimum atomic E-state index is 0.747. The van der Waals surface area contributed by atoms with Crippen LogP contribution in [0.15, 0.2) is 5.38 Å². The average Bonchev–Trinajstić information content (AvgIpc) is 2.86. The Morgan fingerprint density at radius 2 is 2.33 bits per heavy atom. The van der Waals surface area contributed by atoms with Gasteiger partial charge in [-0.2, -0.15) is 0 Å². The van der Waals surface area contributed by atoms with E-state index in [0.29, 0.717) is 0 Å². The molecule has 1 N–H and O–H groups in total. The number of hydrogen-bond acceptors (Lipinski definition) is 4. The van der Waals surface area contributed by atoms with Crippen molar-refractivity contribution in [3.05, 3.63) is 16.1 Å². The van der Waals surface area contributed by atoms with Gasteiger partial charge < -0.3 is 5.32 Å². The summed E-state index contributed by atoms with van der Waals surface area (Å²) in [5, 5.41) is 7.18. The van der Waals surface area contributed by atoms with Gasteiger partial charge >= 0.3 is 0 Å². The van der Waals surface area contributed by atoms with Crippen LogP contribution in [-0.2, 0) is 13.0 Å². The van der Waals surface area contributed by atoms with E-state index < -0.39 is 0 Å². The van der Waals surface area contributed by atoms with Crippen molar-refractivity contribution in [2.75, 3.05) is 26.2 Å². The summed E-state index contributed by atoms with van der Waals surface area (Å²) < 4.78 is 0. The Bertz CT molecular complexity index is 402. The summed E-state index contributed by atoms with van der Waals surface area (Å²) in [7, 11) is 0. The lowest BCUT2D eigenvalue weighted by Crippen LogP contribution is -2.39. The molecule has 1 fully saturated rings. The van der Waals surface area contributed by atoms with Crippen LogP contribution in [0.4, 0.5) is 0 Å². The van der Waals surface area contributed by atoms with E-state index >= 15 is 0 Å². The normalized spacial score (nSPS) is 20.3. The number of likely N-dealkylation sites (tertiary alicyclic amines) is 1. The summed E-state index contributed by atoms with van der Waals surface area (Å²) in [5.41, 5.74) is 1.28. The summed E-state index contributed by atoms with van der Waals surface area (Å²) in [6.07, 6.45) is 5.03. The minimum Gasteiger partial charge on any atom is -0.316 e. The molecule has 2 heterocycles. The Labute approximate surface area is 134 Å². The summed E-state index contributed by atoms with van der Waals surface area (Å²) >= 11 is 1.83. The largest absolute Gasteiger partial charge is 0.316 e. The van der Waals surface area contributed by atoms with Gasteiger partial charge in [-0.25, -0.2) is 4.98 Å². The minimum absolute atomic E-state index is 0.747. The molecule has 1 aromatic heterocycles. The Hall–Kier alpha value is -0.450. The number of aryl methyl sites for hydroxylation is 1. The number of nitrogens with one attached hydrogen (secondary N) is 1. The van der Waals surface area contributed by atoms with Gasteiger partial charge in [-0.05, 0) is 57.2 Å². The first kappa shape index (κ1) is 16.9. The van der Waals surface area contributed by atoms with Gasteiger partial charge in [0.1, 0.15) is 0 Å². The SMILES string of the molecule is CCCc1nc(CN2CCCC(CNCC(C)C)C2)cs1. The van der Waals surface area contributed by atoms with Crippen molar-refractivity contribution in [2.24, 2.45) is 11.8 Å². The first-order valence-electron chi connectivity index (χ1n) is 8.53. The lowest BCUT2D eigenvalue weighted by molar-refractivity contribution is 0.163. The molecule has 1 atom stereocenters. The fourth-order valence-corrected chi connectivity index (χ4v) is 3.91. The third-order valence-electron chi connectivity index (χ3n) is 4.04. The second kappa shape index (κ2) is 8.86. The van der Waals surface area contributed by atoms with Gasteiger partial charge in [0.05, 0.1) is 10.7 Å². The predicted octanol–water partition coefficient (Wildman–Crippen LogP) is 3.55. The van der Waals surface area contributed by atoms with Crippen LogP contribution >= 0.6 is 11.3 Å². The first-order valence-corrected chi connectivity index (χ1v) is 9.41. The molecule has 1 aromatic rings. The van der Waals surface area contributed by atoms with E-state index in [9.17, 15) is 0 Å². The molecule has 0 radical (unpaired) electrons. The highest BCUT2D eigenvalue weighted by Crippen LogP contribution is 2.19.